The van der Waals surface area contributed by atoms with Gasteiger partial charge in [0.15, 0.2) is 5.16 Å². The molecule has 0 aliphatic heterocycles. The number of pyridine rings is 1. The number of ether oxygens (including phenoxy) is 1. The van der Waals surface area contributed by atoms with Crippen LogP contribution in [-0.4, -0.2) is 27.8 Å². The molecule has 2 aromatic rings. The zero-order valence-corrected chi connectivity index (χ0v) is 12.1. The molecule has 0 saturated carbocycles. The Labute approximate surface area is 121 Å². The normalized spacial score (nSPS) is 10.4. The van der Waals surface area contributed by atoms with Gasteiger partial charge >= 0.3 is 0 Å². The molecule has 6 heteroatoms. The number of halogens is 1. The van der Waals surface area contributed by atoms with Crippen LogP contribution in [0.2, 0.25) is 5.15 Å². The minimum absolute atomic E-state index is 0.406. The molecule has 2 aromatic heterocycles. The van der Waals surface area contributed by atoms with Crippen LogP contribution in [0.3, 0.4) is 0 Å². The van der Waals surface area contributed by atoms with E-state index >= 15 is 0 Å². The second-order valence-electron chi connectivity index (χ2n) is 3.82. The molecule has 0 saturated heterocycles. The van der Waals surface area contributed by atoms with Crippen LogP contribution in [0.15, 0.2) is 35.7 Å². The van der Waals surface area contributed by atoms with Gasteiger partial charge in [-0.05, 0) is 36.8 Å². The first kappa shape index (κ1) is 14.1. The maximum atomic E-state index is 5.89. The smallest absolute Gasteiger partial charge is 0.218 e. The Morgan fingerprint density at radius 2 is 2.05 bits per heavy atom. The maximum absolute atomic E-state index is 5.89. The van der Waals surface area contributed by atoms with Gasteiger partial charge in [-0.2, -0.15) is 4.98 Å². The SMILES string of the molecule is CSc1nc(Cl)cc(OCCCc2ccncc2)n1. The minimum atomic E-state index is 0.406. The van der Waals surface area contributed by atoms with Crippen molar-refractivity contribution in [1.82, 2.24) is 15.0 Å². The second-order valence-corrected chi connectivity index (χ2v) is 4.98. The molecule has 0 spiro atoms. The van der Waals surface area contributed by atoms with E-state index in [1.807, 2.05) is 18.4 Å². The number of hydrogen-bond acceptors (Lipinski definition) is 5. The van der Waals surface area contributed by atoms with Crippen molar-refractivity contribution < 1.29 is 4.74 Å². The minimum Gasteiger partial charge on any atom is -0.478 e. The second kappa shape index (κ2) is 7.31. The highest BCUT2D eigenvalue weighted by Crippen LogP contribution is 2.18. The summed E-state index contributed by atoms with van der Waals surface area (Å²) in [6.45, 7) is 0.601. The Morgan fingerprint density at radius 3 is 2.79 bits per heavy atom. The molecule has 0 N–H and O–H groups in total. The van der Waals surface area contributed by atoms with Crippen molar-refractivity contribution in [1.29, 1.82) is 0 Å². The van der Waals surface area contributed by atoms with Crippen molar-refractivity contribution in [2.45, 2.75) is 18.0 Å². The highest BCUT2D eigenvalue weighted by Gasteiger charge is 2.03. The van der Waals surface area contributed by atoms with Crippen molar-refractivity contribution in [3.8, 4) is 5.88 Å². The molecule has 0 radical (unpaired) electrons. The average Bonchev–Trinajstić information content (AvgIpc) is 2.44. The summed E-state index contributed by atoms with van der Waals surface area (Å²) in [5.41, 5.74) is 1.25. The predicted octanol–water partition coefficient (Wildman–Crippen LogP) is 3.26. The molecule has 4 nitrogen and oxygen atoms in total. The lowest BCUT2D eigenvalue weighted by atomic mass is 10.1. The summed E-state index contributed by atoms with van der Waals surface area (Å²) in [7, 11) is 0. The molecule has 2 heterocycles. The van der Waals surface area contributed by atoms with Crippen LogP contribution in [0.25, 0.3) is 0 Å². The number of hydrogen-bond donors (Lipinski definition) is 0. The molecule has 0 atom stereocenters. The molecule has 100 valence electrons. The van der Waals surface area contributed by atoms with E-state index in [0.29, 0.717) is 22.8 Å². The average molecular weight is 296 g/mol. The van der Waals surface area contributed by atoms with Gasteiger partial charge in [-0.3, -0.25) is 4.98 Å². The maximum Gasteiger partial charge on any atom is 0.218 e. The highest BCUT2D eigenvalue weighted by molar-refractivity contribution is 7.98. The summed E-state index contributed by atoms with van der Waals surface area (Å²) in [6.07, 6.45) is 7.37. The van der Waals surface area contributed by atoms with Crippen LogP contribution >= 0.6 is 23.4 Å². The van der Waals surface area contributed by atoms with Gasteiger partial charge in [0.25, 0.3) is 0 Å². The van der Waals surface area contributed by atoms with Gasteiger partial charge in [0.1, 0.15) is 5.15 Å². The van der Waals surface area contributed by atoms with Crippen molar-refractivity contribution in [2.24, 2.45) is 0 Å². The van der Waals surface area contributed by atoms with Gasteiger partial charge in [-0.25, -0.2) is 4.98 Å². The quantitative estimate of drug-likeness (QED) is 0.354. The number of thioether (sulfide) groups is 1. The fraction of sp³-hybridized carbons (Fsp3) is 0.308. The third kappa shape index (κ3) is 4.69. The molecule has 0 bridgehead atoms. The summed E-state index contributed by atoms with van der Waals surface area (Å²) in [5.74, 6) is 0.527. The number of aryl methyl sites for hydroxylation is 1. The molecule has 0 fully saturated rings. The van der Waals surface area contributed by atoms with Crippen molar-refractivity contribution >= 4 is 23.4 Å². The number of nitrogens with zero attached hydrogens (tertiary/aromatic N) is 3. The van der Waals surface area contributed by atoms with Crippen LogP contribution in [0.4, 0.5) is 0 Å². The Bertz CT molecular complexity index is 525. The highest BCUT2D eigenvalue weighted by atomic mass is 35.5. The van der Waals surface area contributed by atoms with Crippen molar-refractivity contribution in [3.63, 3.8) is 0 Å². The monoisotopic (exact) mass is 295 g/mol. The Morgan fingerprint density at radius 1 is 1.26 bits per heavy atom. The standard InChI is InChI=1S/C13H14ClN3OS/c1-19-13-16-11(14)9-12(17-13)18-8-2-3-10-4-6-15-7-5-10/h4-7,9H,2-3,8H2,1H3. The first-order valence-electron chi connectivity index (χ1n) is 5.88. The van der Waals surface area contributed by atoms with Crippen molar-refractivity contribution in [2.75, 3.05) is 12.9 Å². The molecule has 0 aliphatic rings. The topological polar surface area (TPSA) is 47.9 Å². The Hall–Kier alpha value is -1.33. The summed E-state index contributed by atoms with van der Waals surface area (Å²) in [6, 6.07) is 5.65. The van der Waals surface area contributed by atoms with E-state index in [2.05, 4.69) is 15.0 Å². The first-order chi connectivity index (χ1) is 9.28. The van der Waals surface area contributed by atoms with Crippen LogP contribution < -0.4 is 4.74 Å². The Balaban J connectivity index is 1.81. The molecular formula is C13H14ClN3OS. The van der Waals surface area contributed by atoms with E-state index in [9.17, 15) is 0 Å². The third-order valence-electron chi connectivity index (χ3n) is 2.44. The van der Waals surface area contributed by atoms with Crippen LogP contribution in [0, 0.1) is 0 Å². The predicted molar refractivity (Wildman–Crippen MR) is 76.9 cm³/mol. The lowest BCUT2D eigenvalue weighted by Gasteiger charge is -2.06. The Kier molecular flexibility index (Phi) is 5.42. The van der Waals surface area contributed by atoms with Crippen LogP contribution in [0.1, 0.15) is 12.0 Å². The lowest BCUT2D eigenvalue weighted by molar-refractivity contribution is 0.296. The van der Waals surface area contributed by atoms with E-state index in [4.69, 9.17) is 16.3 Å². The zero-order valence-electron chi connectivity index (χ0n) is 10.5. The lowest BCUT2D eigenvalue weighted by Crippen LogP contribution is -2.02. The van der Waals surface area contributed by atoms with E-state index in [-0.39, 0.29) is 0 Å². The summed E-state index contributed by atoms with van der Waals surface area (Å²) < 4.78 is 5.59. The van der Waals surface area contributed by atoms with E-state index in [1.54, 1.807) is 18.5 Å². The summed E-state index contributed by atoms with van der Waals surface area (Å²) in [5, 5.41) is 1.03. The molecular weight excluding hydrogens is 282 g/mol. The largest absolute Gasteiger partial charge is 0.478 e. The molecule has 19 heavy (non-hydrogen) atoms. The molecule has 0 amide bonds. The van der Waals surface area contributed by atoms with E-state index in [0.717, 1.165) is 12.8 Å². The van der Waals surface area contributed by atoms with Crippen molar-refractivity contribution in [3.05, 3.63) is 41.3 Å². The molecule has 0 unspecified atom stereocenters. The molecule has 0 aliphatic carbocycles. The van der Waals surface area contributed by atoms with E-state index in [1.165, 1.54) is 17.3 Å². The summed E-state index contributed by atoms with van der Waals surface area (Å²) in [4.78, 5) is 12.3. The van der Waals surface area contributed by atoms with Gasteiger partial charge in [0.2, 0.25) is 5.88 Å². The first-order valence-corrected chi connectivity index (χ1v) is 7.48. The number of aromatic nitrogens is 3. The third-order valence-corrected chi connectivity index (χ3v) is 3.18. The number of rotatable bonds is 6. The fourth-order valence-electron chi connectivity index (χ4n) is 1.54. The van der Waals surface area contributed by atoms with Gasteiger partial charge in [0, 0.05) is 18.5 Å². The summed E-state index contributed by atoms with van der Waals surface area (Å²) >= 11 is 7.33. The van der Waals surface area contributed by atoms with Gasteiger partial charge in [0.05, 0.1) is 6.61 Å². The van der Waals surface area contributed by atoms with Crippen LogP contribution in [-0.2, 0) is 6.42 Å². The zero-order chi connectivity index (χ0) is 13.5. The van der Waals surface area contributed by atoms with Gasteiger partial charge in [-0.1, -0.05) is 23.4 Å². The van der Waals surface area contributed by atoms with Crippen LogP contribution in [0.5, 0.6) is 5.88 Å². The van der Waals surface area contributed by atoms with E-state index < -0.39 is 0 Å². The molecule has 0 aromatic carbocycles. The fourth-order valence-corrected chi connectivity index (χ4v) is 2.14. The van der Waals surface area contributed by atoms with Gasteiger partial charge in [-0.15, -0.1) is 0 Å². The van der Waals surface area contributed by atoms with Gasteiger partial charge < -0.3 is 4.74 Å². The molecule has 2 rings (SSSR count).